The number of nitrogens with zero attached hydrogens (tertiary/aromatic N) is 1. The van der Waals surface area contributed by atoms with Crippen molar-refractivity contribution in [2.75, 3.05) is 19.0 Å². The maximum absolute atomic E-state index is 12.8. The van der Waals surface area contributed by atoms with Gasteiger partial charge in [0, 0.05) is 11.1 Å². The molecule has 1 fully saturated rings. The highest BCUT2D eigenvalue weighted by Crippen LogP contribution is 2.35. The van der Waals surface area contributed by atoms with Crippen molar-refractivity contribution in [1.29, 1.82) is 0 Å². The van der Waals surface area contributed by atoms with Crippen molar-refractivity contribution < 1.29 is 32.6 Å². The van der Waals surface area contributed by atoms with Gasteiger partial charge in [-0.15, -0.1) is 0 Å². The number of halogens is 2. The molecule has 174 valence electrons. The van der Waals surface area contributed by atoms with Crippen LogP contribution in [0.4, 0.5) is 19.3 Å². The van der Waals surface area contributed by atoms with Crippen LogP contribution in [0.1, 0.15) is 5.56 Å². The van der Waals surface area contributed by atoms with Crippen molar-refractivity contribution in [3.63, 3.8) is 0 Å². The van der Waals surface area contributed by atoms with Crippen molar-refractivity contribution >= 4 is 51.4 Å². The van der Waals surface area contributed by atoms with Crippen molar-refractivity contribution in [2.45, 2.75) is 6.61 Å². The van der Waals surface area contributed by atoms with Gasteiger partial charge in [0.2, 0.25) is 5.91 Å². The molecule has 1 saturated heterocycles. The Bertz CT molecular complexity index is 1310. The molecule has 0 spiro atoms. The van der Waals surface area contributed by atoms with Crippen LogP contribution in [-0.2, 0) is 9.59 Å². The van der Waals surface area contributed by atoms with Crippen LogP contribution in [-0.4, -0.2) is 42.2 Å². The SMILES string of the molecule is COc1cc(/C=C2\SC(=O)N(CC(=O)Nc3cccc4ccccc34)C2=O)ccc1OC(F)F. The van der Waals surface area contributed by atoms with Crippen LogP contribution in [0.2, 0.25) is 0 Å². The molecule has 0 aliphatic carbocycles. The largest absolute Gasteiger partial charge is 0.493 e. The number of hydrogen-bond donors (Lipinski definition) is 1. The Morgan fingerprint density at radius 2 is 1.85 bits per heavy atom. The highest BCUT2D eigenvalue weighted by Gasteiger charge is 2.36. The molecule has 3 aromatic carbocycles. The number of nitrogens with one attached hydrogen (secondary N) is 1. The molecular weight excluding hydrogens is 466 g/mol. The quantitative estimate of drug-likeness (QED) is 0.469. The summed E-state index contributed by atoms with van der Waals surface area (Å²) in [6, 6.07) is 17.1. The van der Waals surface area contributed by atoms with Crippen LogP contribution in [0.3, 0.4) is 0 Å². The van der Waals surface area contributed by atoms with Gasteiger partial charge in [-0.1, -0.05) is 42.5 Å². The standard InChI is InChI=1S/C24H18F2N2O5S/c1-32-19-11-14(9-10-18(19)33-23(25)26)12-20-22(30)28(24(31)34-20)13-21(29)27-17-8-4-6-15-5-2-3-7-16(15)17/h2-12,23H,13H2,1H3,(H,27,29)/b20-12-. The number of alkyl halides is 2. The van der Waals surface area contributed by atoms with E-state index in [0.717, 1.165) is 15.7 Å². The predicted octanol–water partition coefficient (Wildman–Crippen LogP) is 5.12. The lowest BCUT2D eigenvalue weighted by atomic mass is 10.1. The number of imide groups is 1. The second-order valence-electron chi connectivity index (χ2n) is 7.13. The van der Waals surface area contributed by atoms with E-state index in [1.807, 2.05) is 30.3 Å². The van der Waals surface area contributed by atoms with Gasteiger partial charge in [-0.2, -0.15) is 8.78 Å². The number of thioether (sulfide) groups is 1. The molecule has 0 atom stereocenters. The molecule has 3 aromatic rings. The molecule has 1 aliphatic rings. The summed E-state index contributed by atoms with van der Waals surface area (Å²) in [6.45, 7) is -3.47. The average Bonchev–Trinajstić information content (AvgIpc) is 3.07. The number of methoxy groups -OCH3 is 1. The fourth-order valence-electron chi connectivity index (χ4n) is 3.42. The lowest BCUT2D eigenvalue weighted by Crippen LogP contribution is -2.36. The summed E-state index contributed by atoms with van der Waals surface area (Å²) in [5.74, 6) is -1.26. The lowest BCUT2D eigenvalue weighted by Gasteiger charge is -2.13. The van der Waals surface area contributed by atoms with Crippen LogP contribution in [0, 0.1) is 0 Å². The van der Waals surface area contributed by atoms with E-state index in [-0.39, 0.29) is 16.4 Å². The molecule has 1 heterocycles. The molecule has 4 rings (SSSR count). The molecular formula is C24H18F2N2O5S. The third kappa shape index (κ3) is 5.01. The van der Waals surface area contributed by atoms with Gasteiger partial charge < -0.3 is 14.8 Å². The van der Waals surface area contributed by atoms with Crippen LogP contribution in [0.15, 0.2) is 65.6 Å². The summed E-state index contributed by atoms with van der Waals surface area (Å²) in [6.07, 6.45) is 1.42. The van der Waals surface area contributed by atoms with Gasteiger partial charge in [-0.05, 0) is 47.0 Å². The first-order valence-electron chi connectivity index (χ1n) is 10.0. The Labute approximate surface area is 197 Å². The number of ether oxygens (including phenoxy) is 2. The number of fused-ring (bicyclic) bond motifs is 1. The van der Waals surface area contributed by atoms with Gasteiger partial charge in [-0.3, -0.25) is 19.3 Å². The summed E-state index contributed by atoms with van der Waals surface area (Å²) in [4.78, 5) is 38.7. The Morgan fingerprint density at radius 1 is 1.09 bits per heavy atom. The van der Waals surface area contributed by atoms with E-state index < -0.39 is 30.2 Å². The molecule has 3 amide bonds. The van der Waals surface area contributed by atoms with Crippen LogP contribution in [0.25, 0.3) is 16.8 Å². The maximum Gasteiger partial charge on any atom is 0.387 e. The van der Waals surface area contributed by atoms with Gasteiger partial charge in [-0.25, -0.2) is 0 Å². The maximum atomic E-state index is 12.8. The molecule has 0 bridgehead atoms. The number of carbonyl (C=O) groups excluding carboxylic acids is 3. The fraction of sp³-hybridized carbons (Fsp3) is 0.125. The summed E-state index contributed by atoms with van der Waals surface area (Å²) in [5, 5.41) is 3.93. The van der Waals surface area contributed by atoms with E-state index in [1.165, 1.54) is 31.4 Å². The normalized spacial score (nSPS) is 14.8. The Balaban J connectivity index is 1.48. The molecule has 7 nitrogen and oxygen atoms in total. The summed E-state index contributed by atoms with van der Waals surface area (Å²) in [5.41, 5.74) is 1.01. The first kappa shape index (κ1) is 23.2. The Kier molecular flexibility index (Phi) is 6.78. The molecule has 0 radical (unpaired) electrons. The number of hydrogen-bond acceptors (Lipinski definition) is 6. The van der Waals surface area contributed by atoms with Gasteiger partial charge in [0.25, 0.3) is 11.1 Å². The summed E-state index contributed by atoms with van der Waals surface area (Å²) in [7, 11) is 1.29. The third-order valence-electron chi connectivity index (χ3n) is 4.94. The minimum Gasteiger partial charge on any atom is -0.493 e. The molecule has 34 heavy (non-hydrogen) atoms. The van der Waals surface area contributed by atoms with E-state index in [0.29, 0.717) is 23.0 Å². The van der Waals surface area contributed by atoms with E-state index in [9.17, 15) is 23.2 Å². The number of amides is 3. The second kappa shape index (κ2) is 9.92. The van der Waals surface area contributed by atoms with Crippen molar-refractivity contribution in [3.05, 3.63) is 71.1 Å². The minimum absolute atomic E-state index is 0.0442. The highest BCUT2D eigenvalue weighted by molar-refractivity contribution is 8.18. The van der Waals surface area contributed by atoms with Crippen molar-refractivity contribution in [3.8, 4) is 11.5 Å². The van der Waals surface area contributed by atoms with E-state index in [4.69, 9.17) is 4.74 Å². The molecule has 1 N–H and O–H groups in total. The fourth-order valence-corrected chi connectivity index (χ4v) is 4.26. The zero-order valence-electron chi connectivity index (χ0n) is 17.8. The third-order valence-corrected chi connectivity index (χ3v) is 5.85. The number of carbonyl (C=O) groups is 3. The van der Waals surface area contributed by atoms with Crippen LogP contribution < -0.4 is 14.8 Å². The zero-order valence-corrected chi connectivity index (χ0v) is 18.6. The van der Waals surface area contributed by atoms with Crippen molar-refractivity contribution in [1.82, 2.24) is 4.90 Å². The molecule has 0 aromatic heterocycles. The van der Waals surface area contributed by atoms with Gasteiger partial charge in [0.1, 0.15) is 6.54 Å². The molecule has 1 aliphatic heterocycles. The van der Waals surface area contributed by atoms with E-state index in [2.05, 4.69) is 10.1 Å². The topological polar surface area (TPSA) is 84.9 Å². The number of rotatable bonds is 7. The second-order valence-corrected chi connectivity index (χ2v) is 8.12. The van der Waals surface area contributed by atoms with Gasteiger partial charge in [0.05, 0.1) is 12.0 Å². The van der Waals surface area contributed by atoms with Crippen LogP contribution >= 0.6 is 11.8 Å². The summed E-state index contributed by atoms with van der Waals surface area (Å²) >= 11 is 0.682. The van der Waals surface area contributed by atoms with E-state index in [1.54, 1.807) is 12.1 Å². The van der Waals surface area contributed by atoms with E-state index >= 15 is 0 Å². The predicted molar refractivity (Wildman–Crippen MR) is 125 cm³/mol. The lowest BCUT2D eigenvalue weighted by molar-refractivity contribution is -0.127. The Hall–Kier alpha value is -3.92. The minimum atomic E-state index is -3.02. The molecule has 0 saturated carbocycles. The first-order valence-corrected chi connectivity index (χ1v) is 10.8. The zero-order chi connectivity index (χ0) is 24.2. The van der Waals surface area contributed by atoms with Gasteiger partial charge >= 0.3 is 6.61 Å². The van der Waals surface area contributed by atoms with Crippen LogP contribution in [0.5, 0.6) is 11.5 Å². The first-order chi connectivity index (χ1) is 16.4. The monoisotopic (exact) mass is 484 g/mol. The molecule has 0 unspecified atom stereocenters. The van der Waals surface area contributed by atoms with Crippen molar-refractivity contribution in [2.24, 2.45) is 0 Å². The molecule has 10 heteroatoms. The summed E-state index contributed by atoms with van der Waals surface area (Å²) < 4.78 is 34.4. The number of anilines is 1. The average molecular weight is 484 g/mol. The Morgan fingerprint density at radius 3 is 2.62 bits per heavy atom. The smallest absolute Gasteiger partial charge is 0.387 e. The van der Waals surface area contributed by atoms with Gasteiger partial charge in [0.15, 0.2) is 11.5 Å². The number of benzene rings is 3. The highest BCUT2D eigenvalue weighted by atomic mass is 32.2.